The van der Waals surface area contributed by atoms with Crippen LogP contribution in [0.1, 0.15) is 51.6 Å². The molecule has 5 rings (SSSR count). The van der Waals surface area contributed by atoms with Gasteiger partial charge in [-0.2, -0.15) is 0 Å². The summed E-state index contributed by atoms with van der Waals surface area (Å²) in [6, 6.07) is 25.9. The van der Waals surface area contributed by atoms with Crippen LogP contribution in [-0.2, 0) is 0 Å². The van der Waals surface area contributed by atoms with E-state index in [1.807, 2.05) is 49.5 Å². The molecule has 7 nitrogen and oxygen atoms in total. The van der Waals surface area contributed by atoms with Gasteiger partial charge in [0.25, 0.3) is 5.91 Å². The summed E-state index contributed by atoms with van der Waals surface area (Å²) in [5.41, 5.74) is 7.03. The van der Waals surface area contributed by atoms with Crippen LogP contribution in [0, 0.1) is 6.92 Å². The van der Waals surface area contributed by atoms with Gasteiger partial charge in [0.15, 0.2) is 0 Å². The largest absolute Gasteiger partial charge is 0.478 e. The van der Waals surface area contributed by atoms with Gasteiger partial charge in [-0.25, -0.2) is 14.8 Å². The lowest BCUT2D eigenvalue weighted by atomic mass is 9.91. The maximum absolute atomic E-state index is 12.8. The van der Waals surface area contributed by atoms with E-state index in [1.54, 1.807) is 0 Å². The van der Waals surface area contributed by atoms with Crippen LogP contribution in [0.25, 0.3) is 22.0 Å². The number of nitrogens with one attached hydrogen (secondary N) is 2. The Morgan fingerprint density at radius 3 is 2.31 bits per heavy atom. The summed E-state index contributed by atoms with van der Waals surface area (Å²) in [6.45, 7) is 6.27. The van der Waals surface area contributed by atoms with E-state index in [9.17, 15) is 9.59 Å². The Labute approximate surface area is 226 Å². The molecule has 0 atom stereocenters. The number of hydrogen-bond donors (Lipinski definition) is 3. The highest BCUT2D eigenvalue weighted by atomic mass is 16.4. The first kappa shape index (κ1) is 25.6. The molecule has 0 unspecified atom stereocenters. The normalized spacial score (nSPS) is 11.0. The van der Waals surface area contributed by atoms with Gasteiger partial charge in [0.05, 0.1) is 11.1 Å². The lowest BCUT2D eigenvalue weighted by Crippen LogP contribution is -2.13. The van der Waals surface area contributed by atoms with Crippen molar-refractivity contribution in [2.24, 2.45) is 0 Å². The molecule has 7 heteroatoms. The minimum absolute atomic E-state index is 0.125. The van der Waals surface area contributed by atoms with E-state index >= 15 is 0 Å². The van der Waals surface area contributed by atoms with Crippen molar-refractivity contribution >= 4 is 40.1 Å². The number of aromatic carboxylic acids is 1. The second kappa shape index (κ2) is 10.8. The third kappa shape index (κ3) is 5.48. The molecule has 0 aliphatic rings. The Morgan fingerprint density at radius 2 is 1.56 bits per heavy atom. The van der Waals surface area contributed by atoms with E-state index in [4.69, 9.17) is 10.1 Å². The number of aromatic nitrogens is 2. The zero-order valence-electron chi connectivity index (χ0n) is 21.9. The maximum atomic E-state index is 12.8. The van der Waals surface area contributed by atoms with Crippen molar-refractivity contribution in [1.29, 1.82) is 0 Å². The van der Waals surface area contributed by atoms with Gasteiger partial charge in [-0.15, -0.1) is 0 Å². The molecule has 0 bridgehead atoms. The van der Waals surface area contributed by atoms with Crippen molar-refractivity contribution in [3.63, 3.8) is 0 Å². The van der Waals surface area contributed by atoms with Gasteiger partial charge < -0.3 is 15.7 Å². The van der Waals surface area contributed by atoms with Gasteiger partial charge in [0.1, 0.15) is 0 Å². The van der Waals surface area contributed by atoms with Gasteiger partial charge >= 0.3 is 5.97 Å². The Balaban J connectivity index is 1.43. The molecule has 0 radical (unpaired) electrons. The number of carboxylic acids is 1. The fourth-order valence-corrected chi connectivity index (χ4v) is 4.50. The number of carboxylic acid groups (broad SMARTS) is 1. The summed E-state index contributed by atoms with van der Waals surface area (Å²) >= 11 is 0. The van der Waals surface area contributed by atoms with Crippen molar-refractivity contribution in [2.45, 2.75) is 26.7 Å². The van der Waals surface area contributed by atoms with Crippen LogP contribution in [0.4, 0.5) is 17.3 Å². The number of fused-ring (bicyclic) bond motifs is 1. The molecule has 0 aliphatic carbocycles. The van der Waals surface area contributed by atoms with Crippen molar-refractivity contribution in [3.8, 4) is 11.1 Å². The van der Waals surface area contributed by atoms with Crippen LogP contribution >= 0.6 is 0 Å². The number of carbonyl (C=O) groups excluding carboxylic acids is 1. The third-order valence-corrected chi connectivity index (χ3v) is 6.62. The van der Waals surface area contributed by atoms with E-state index in [-0.39, 0.29) is 11.5 Å². The number of amides is 1. The highest BCUT2D eigenvalue weighted by Crippen LogP contribution is 2.34. The SMILES string of the molecule is Cc1ccc(Nc2ncc3cccc(-c4ccccc4C(C)C)c3n2)cc1NC(=O)c1ccc(C(=O)O)cc1. The summed E-state index contributed by atoms with van der Waals surface area (Å²) in [7, 11) is 0. The molecular formula is C32H28N4O3. The molecule has 3 N–H and O–H groups in total. The lowest BCUT2D eigenvalue weighted by Gasteiger charge is -2.15. The van der Waals surface area contributed by atoms with Crippen molar-refractivity contribution in [2.75, 3.05) is 10.6 Å². The predicted molar refractivity (Wildman–Crippen MR) is 155 cm³/mol. The summed E-state index contributed by atoms with van der Waals surface area (Å²) in [5, 5.41) is 16.2. The molecule has 194 valence electrons. The van der Waals surface area contributed by atoms with Crippen molar-refractivity contribution in [1.82, 2.24) is 9.97 Å². The highest BCUT2D eigenvalue weighted by Gasteiger charge is 2.14. The fraction of sp³-hybridized carbons (Fsp3) is 0.125. The number of hydrogen-bond acceptors (Lipinski definition) is 5. The van der Waals surface area contributed by atoms with E-state index in [0.29, 0.717) is 23.1 Å². The molecule has 5 aromatic rings. The van der Waals surface area contributed by atoms with E-state index in [0.717, 1.165) is 33.3 Å². The summed E-state index contributed by atoms with van der Waals surface area (Å²) in [4.78, 5) is 33.3. The second-order valence-corrected chi connectivity index (χ2v) is 9.67. The Bertz CT molecular complexity index is 1690. The van der Waals surface area contributed by atoms with Crippen molar-refractivity contribution in [3.05, 3.63) is 113 Å². The predicted octanol–water partition coefficient (Wildman–Crippen LogP) is 7.42. The number of aryl methyl sites for hydroxylation is 1. The third-order valence-electron chi connectivity index (χ3n) is 6.62. The van der Waals surface area contributed by atoms with Gasteiger partial charge in [-0.1, -0.05) is 62.4 Å². The minimum atomic E-state index is -1.04. The first-order chi connectivity index (χ1) is 18.8. The topological polar surface area (TPSA) is 104 Å². The second-order valence-electron chi connectivity index (χ2n) is 9.67. The minimum Gasteiger partial charge on any atom is -0.478 e. The first-order valence-electron chi connectivity index (χ1n) is 12.7. The summed E-state index contributed by atoms with van der Waals surface area (Å²) in [5.74, 6) is -0.555. The number of anilines is 3. The van der Waals surface area contributed by atoms with Crippen LogP contribution in [0.5, 0.6) is 0 Å². The van der Waals surface area contributed by atoms with Gasteiger partial charge in [-0.3, -0.25) is 4.79 Å². The standard InChI is InChI=1S/C32H28N4O3/c1-19(2)25-8-4-5-9-26(25)27-10-6-7-23-18-33-32(36-29(23)27)34-24-16-11-20(3)28(17-24)35-30(37)21-12-14-22(15-13-21)31(38)39/h4-19H,1-3H3,(H,35,37)(H,38,39)(H,33,34,36). The van der Waals surface area contributed by atoms with Crippen LogP contribution < -0.4 is 10.6 Å². The highest BCUT2D eigenvalue weighted by molar-refractivity contribution is 6.05. The molecule has 1 amide bonds. The Morgan fingerprint density at radius 1 is 0.846 bits per heavy atom. The zero-order valence-corrected chi connectivity index (χ0v) is 21.9. The first-order valence-corrected chi connectivity index (χ1v) is 12.7. The molecule has 1 heterocycles. The molecule has 0 saturated carbocycles. The average Bonchev–Trinajstić information content (AvgIpc) is 2.94. The average molecular weight is 517 g/mol. The number of nitrogens with zero attached hydrogens (tertiary/aromatic N) is 2. The van der Waals surface area contributed by atoms with Crippen molar-refractivity contribution < 1.29 is 14.7 Å². The molecule has 39 heavy (non-hydrogen) atoms. The van der Waals surface area contributed by atoms with Crippen LogP contribution in [-0.4, -0.2) is 27.0 Å². The quantitative estimate of drug-likeness (QED) is 0.208. The molecule has 0 saturated heterocycles. The van der Waals surface area contributed by atoms with Crippen LogP contribution in [0.15, 0.2) is 91.1 Å². The Kier molecular flexibility index (Phi) is 7.06. The summed E-state index contributed by atoms with van der Waals surface area (Å²) < 4.78 is 0. The molecule has 4 aromatic carbocycles. The smallest absolute Gasteiger partial charge is 0.335 e. The molecule has 1 aromatic heterocycles. The number of para-hydroxylation sites is 1. The van der Waals surface area contributed by atoms with E-state index in [1.165, 1.54) is 29.8 Å². The monoisotopic (exact) mass is 516 g/mol. The number of carbonyl (C=O) groups is 2. The van der Waals surface area contributed by atoms with Gasteiger partial charge in [0.2, 0.25) is 5.95 Å². The molecular weight excluding hydrogens is 488 g/mol. The van der Waals surface area contributed by atoms with Gasteiger partial charge in [-0.05, 0) is 65.9 Å². The molecule has 0 aliphatic heterocycles. The van der Waals surface area contributed by atoms with E-state index < -0.39 is 5.97 Å². The number of rotatable bonds is 7. The summed E-state index contributed by atoms with van der Waals surface area (Å²) in [6.07, 6.45) is 1.81. The molecule has 0 spiro atoms. The van der Waals surface area contributed by atoms with Gasteiger partial charge in [0, 0.05) is 34.1 Å². The maximum Gasteiger partial charge on any atom is 0.335 e. The van der Waals surface area contributed by atoms with E-state index in [2.05, 4.69) is 53.7 Å². The lowest BCUT2D eigenvalue weighted by molar-refractivity contribution is 0.0696. The number of benzene rings is 4. The zero-order chi connectivity index (χ0) is 27.5. The van der Waals surface area contributed by atoms with Crippen LogP contribution in [0.2, 0.25) is 0 Å². The molecule has 0 fully saturated rings. The van der Waals surface area contributed by atoms with Crippen LogP contribution in [0.3, 0.4) is 0 Å². The fourth-order valence-electron chi connectivity index (χ4n) is 4.50. The Hall–Kier alpha value is -5.04.